The van der Waals surface area contributed by atoms with Crippen LogP contribution in [-0.4, -0.2) is 124 Å². The zero-order chi connectivity index (χ0) is 49.5. The summed E-state index contributed by atoms with van der Waals surface area (Å²) in [6.07, 6.45) is 12.9. The third-order valence-electron chi connectivity index (χ3n) is 11.7. The van der Waals surface area contributed by atoms with Crippen LogP contribution in [0.3, 0.4) is 0 Å². The van der Waals surface area contributed by atoms with Gasteiger partial charge in [-0.15, -0.1) is 0 Å². The predicted octanol–water partition coefficient (Wildman–Crippen LogP) is 6.71. The van der Waals surface area contributed by atoms with Crippen LogP contribution in [0.2, 0.25) is 0 Å². The summed E-state index contributed by atoms with van der Waals surface area (Å²) in [5.74, 6) is -0.973. The van der Waals surface area contributed by atoms with Crippen molar-refractivity contribution in [3.05, 3.63) is 52.1 Å². The molecular formula is C50H81N7O10. The van der Waals surface area contributed by atoms with Crippen molar-refractivity contribution in [2.75, 3.05) is 54.1 Å². The molecule has 4 amide bonds. The number of alkyl carbamates (subject to hydrolysis) is 1. The number of likely N-dealkylation sites (N-methyl/N-ethyl adjacent to an activating group) is 1. The molecule has 0 spiro atoms. The van der Waals surface area contributed by atoms with Crippen LogP contribution in [-0.2, 0) is 4.74 Å². The summed E-state index contributed by atoms with van der Waals surface area (Å²) >= 11 is 0. The summed E-state index contributed by atoms with van der Waals surface area (Å²) in [6, 6.07) is 6.95. The van der Waals surface area contributed by atoms with E-state index in [-0.39, 0.29) is 65.4 Å². The van der Waals surface area contributed by atoms with E-state index >= 15 is 0 Å². The van der Waals surface area contributed by atoms with Gasteiger partial charge >= 0.3 is 12.1 Å². The smallest absolute Gasteiger partial charge is 0.407 e. The monoisotopic (exact) mass is 940 g/mol. The number of aromatic carboxylic acids is 1. The first-order valence-electron chi connectivity index (χ1n) is 24.2. The molecule has 0 aromatic heterocycles. The molecule has 17 heteroatoms. The third kappa shape index (κ3) is 20.7. The fraction of sp³-hybridized carbons (Fsp3) is 0.660. The maximum absolute atomic E-state index is 12.9. The van der Waals surface area contributed by atoms with Gasteiger partial charge in [0.2, 0.25) is 0 Å². The summed E-state index contributed by atoms with van der Waals surface area (Å²) < 4.78 is 22.4. The number of carbonyl (C=O) groups excluding carboxylic acids is 4. The Balaban J connectivity index is 0.000000367. The van der Waals surface area contributed by atoms with Crippen molar-refractivity contribution in [1.29, 1.82) is 0 Å². The van der Waals surface area contributed by atoms with Crippen molar-refractivity contribution in [2.24, 2.45) is 11.5 Å². The SMILES string of the molecule is CCCCCCOc1cc(OCCCCCNC(=O)OC(C)(C)C)c(C(=O)O)cc1C(=O)NCCN(C)C.COc1cc(C)c(C(=O)NC2CCC(N)CC2)cc1C(=O)NC1CCC(N)CC1. The van der Waals surface area contributed by atoms with Gasteiger partial charge in [-0.1, -0.05) is 26.2 Å². The Hall–Kier alpha value is -5.13. The van der Waals surface area contributed by atoms with Gasteiger partial charge in [0.1, 0.15) is 28.4 Å². The summed E-state index contributed by atoms with van der Waals surface area (Å²) in [7, 11) is 5.35. The highest BCUT2D eigenvalue weighted by Gasteiger charge is 2.26. The number of unbranched alkanes of at least 4 members (excludes halogenated alkanes) is 5. The second-order valence-corrected chi connectivity index (χ2v) is 19.0. The number of carboxylic acids is 1. The van der Waals surface area contributed by atoms with E-state index in [1.165, 1.54) is 19.2 Å². The molecule has 2 aromatic carbocycles. The minimum atomic E-state index is -1.18. The van der Waals surface area contributed by atoms with Crippen LogP contribution < -0.4 is 46.9 Å². The lowest BCUT2D eigenvalue weighted by Gasteiger charge is -2.28. The Bertz CT molecular complexity index is 1890. The largest absolute Gasteiger partial charge is 0.496 e. The van der Waals surface area contributed by atoms with Gasteiger partial charge in [-0.05, 0) is 143 Å². The van der Waals surface area contributed by atoms with E-state index in [1.54, 1.807) is 12.1 Å². The fourth-order valence-corrected chi connectivity index (χ4v) is 7.76. The van der Waals surface area contributed by atoms with E-state index in [4.69, 9.17) is 30.4 Å². The first-order chi connectivity index (χ1) is 31.8. The van der Waals surface area contributed by atoms with Crippen molar-refractivity contribution in [3.8, 4) is 17.2 Å². The maximum atomic E-state index is 12.9. The molecule has 0 saturated heterocycles. The highest BCUT2D eigenvalue weighted by molar-refractivity contribution is 6.03. The van der Waals surface area contributed by atoms with Gasteiger partial charge in [0.15, 0.2) is 0 Å². The molecule has 2 aromatic rings. The van der Waals surface area contributed by atoms with E-state index in [0.29, 0.717) is 55.3 Å². The minimum Gasteiger partial charge on any atom is -0.496 e. The van der Waals surface area contributed by atoms with Gasteiger partial charge in [0.25, 0.3) is 17.7 Å². The number of carboxylic acid groups (broad SMARTS) is 1. The van der Waals surface area contributed by atoms with E-state index < -0.39 is 17.7 Å². The number of ether oxygens (including phenoxy) is 4. The maximum Gasteiger partial charge on any atom is 0.407 e. The van der Waals surface area contributed by atoms with E-state index in [9.17, 15) is 29.1 Å². The number of carbonyl (C=O) groups is 5. The number of methoxy groups -OCH3 is 1. The Labute approximate surface area is 398 Å². The lowest BCUT2D eigenvalue weighted by molar-refractivity contribution is 0.0525. The van der Waals surface area contributed by atoms with Crippen LogP contribution >= 0.6 is 0 Å². The number of benzene rings is 2. The lowest BCUT2D eigenvalue weighted by atomic mass is 9.91. The van der Waals surface area contributed by atoms with Crippen molar-refractivity contribution in [2.45, 2.75) is 161 Å². The Morgan fingerprint density at radius 1 is 0.657 bits per heavy atom. The lowest BCUT2D eigenvalue weighted by Crippen LogP contribution is -2.41. The van der Waals surface area contributed by atoms with Crippen molar-refractivity contribution in [1.82, 2.24) is 26.2 Å². The van der Waals surface area contributed by atoms with Gasteiger partial charge in [0, 0.05) is 55.4 Å². The first-order valence-corrected chi connectivity index (χ1v) is 24.2. The van der Waals surface area contributed by atoms with Crippen molar-refractivity contribution in [3.63, 3.8) is 0 Å². The van der Waals surface area contributed by atoms with Gasteiger partial charge in [0.05, 0.1) is 31.5 Å². The number of aryl methyl sites for hydroxylation is 1. The molecule has 4 rings (SSSR count). The molecule has 2 aliphatic rings. The second-order valence-electron chi connectivity index (χ2n) is 19.0. The third-order valence-corrected chi connectivity index (χ3v) is 11.7. The molecule has 0 heterocycles. The zero-order valence-electron chi connectivity index (χ0n) is 41.5. The molecule has 2 fully saturated rings. The summed E-state index contributed by atoms with van der Waals surface area (Å²) in [5, 5.41) is 21.5. The molecule has 17 nitrogen and oxygen atoms in total. The van der Waals surface area contributed by atoms with E-state index in [2.05, 4.69) is 28.2 Å². The number of hydrogen-bond donors (Lipinski definition) is 7. The highest BCUT2D eigenvalue weighted by Crippen LogP contribution is 2.31. The Morgan fingerprint density at radius 2 is 1.16 bits per heavy atom. The molecule has 0 radical (unpaired) electrons. The molecule has 67 heavy (non-hydrogen) atoms. The average molecular weight is 940 g/mol. The molecule has 0 unspecified atom stereocenters. The van der Waals surface area contributed by atoms with E-state index in [0.717, 1.165) is 95.5 Å². The van der Waals surface area contributed by atoms with E-state index in [1.807, 2.05) is 46.7 Å². The van der Waals surface area contributed by atoms with Gasteiger partial charge < -0.3 is 61.7 Å². The van der Waals surface area contributed by atoms with Crippen LogP contribution in [0.1, 0.15) is 171 Å². The molecule has 9 N–H and O–H groups in total. The van der Waals surface area contributed by atoms with Crippen LogP contribution in [0.5, 0.6) is 17.2 Å². The zero-order valence-corrected chi connectivity index (χ0v) is 41.5. The number of nitrogens with one attached hydrogen (secondary N) is 4. The van der Waals surface area contributed by atoms with Crippen molar-refractivity contribution >= 4 is 29.8 Å². The Kier molecular flexibility index (Phi) is 24.2. The van der Waals surface area contributed by atoms with Gasteiger partial charge in [-0.25, -0.2) is 9.59 Å². The molecule has 0 aliphatic heterocycles. The number of nitrogens with zero attached hydrogens (tertiary/aromatic N) is 1. The van der Waals surface area contributed by atoms with Crippen molar-refractivity contribution < 1.29 is 48.0 Å². The average Bonchev–Trinajstić information content (AvgIpc) is 3.26. The van der Waals surface area contributed by atoms with Crippen LogP contribution in [0.4, 0.5) is 4.79 Å². The second kappa shape index (κ2) is 28.9. The highest BCUT2D eigenvalue weighted by atomic mass is 16.6. The number of amides is 4. The molecule has 376 valence electrons. The molecule has 0 atom stereocenters. The number of hydrogen-bond acceptors (Lipinski definition) is 12. The minimum absolute atomic E-state index is 0.0901. The number of nitrogens with two attached hydrogens (primary N) is 2. The first kappa shape index (κ1) is 56.2. The van der Waals surface area contributed by atoms with Crippen LogP contribution in [0, 0.1) is 6.92 Å². The van der Waals surface area contributed by atoms with Gasteiger partial charge in [-0.3, -0.25) is 14.4 Å². The Morgan fingerprint density at radius 3 is 1.67 bits per heavy atom. The molecular weight excluding hydrogens is 859 g/mol. The summed E-state index contributed by atoms with van der Waals surface area (Å²) in [6.45, 7) is 11.7. The number of rotatable bonds is 23. The standard InChI is InChI=1S/C28H47N3O7.C22H34N4O3/c1-7-8-9-12-17-36-23-20-24(37-18-13-10-11-14-30-27(35)38-28(2,3)4)22(26(33)34)19-21(23)25(32)29-15-16-31(5)6;1-13-11-20(29-2)19(22(28)26-17-9-5-15(24)6-10-17)12-18(13)21(27)25-16-7-3-14(23)4-8-16/h19-20H,7-18H2,1-6H3,(H,29,32)(H,30,35)(H,33,34);11-12,14-17H,3-10,23-24H2,1-2H3,(H,25,27)(H,26,28). The quantitative estimate of drug-likeness (QED) is 0.0574. The van der Waals surface area contributed by atoms with Crippen LogP contribution in [0.25, 0.3) is 0 Å². The normalized spacial score (nSPS) is 18.1. The van der Waals surface area contributed by atoms with Gasteiger partial charge in [-0.2, -0.15) is 0 Å². The fourth-order valence-electron chi connectivity index (χ4n) is 7.76. The topological polar surface area (TPSA) is 246 Å². The summed E-state index contributed by atoms with van der Waals surface area (Å²) in [4.78, 5) is 64.3. The van der Waals surface area contributed by atoms with Crippen LogP contribution in [0.15, 0.2) is 24.3 Å². The predicted molar refractivity (Wildman–Crippen MR) is 261 cm³/mol. The molecule has 0 bridgehead atoms. The molecule has 2 saturated carbocycles. The molecule has 2 aliphatic carbocycles. The summed E-state index contributed by atoms with van der Waals surface area (Å²) in [5.41, 5.74) is 13.1.